The van der Waals surface area contributed by atoms with Crippen LogP contribution in [-0.4, -0.2) is 44.9 Å². The molecule has 3 rings (SSSR count). The molecule has 0 amide bonds. The molecule has 0 spiro atoms. The van der Waals surface area contributed by atoms with Crippen molar-refractivity contribution in [1.29, 1.82) is 0 Å². The van der Waals surface area contributed by atoms with Gasteiger partial charge in [0.1, 0.15) is 11.6 Å². The van der Waals surface area contributed by atoms with E-state index in [1.165, 1.54) is 11.6 Å². The summed E-state index contributed by atoms with van der Waals surface area (Å²) in [5.41, 5.74) is 1.92. The van der Waals surface area contributed by atoms with Crippen LogP contribution in [0.3, 0.4) is 0 Å². The molecule has 5 heteroatoms. The summed E-state index contributed by atoms with van der Waals surface area (Å²) in [5, 5.41) is 3.41. The second kappa shape index (κ2) is 8.94. The highest BCUT2D eigenvalue weighted by Crippen LogP contribution is 2.24. The van der Waals surface area contributed by atoms with Gasteiger partial charge in [-0.2, -0.15) is 0 Å². The van der Waals surface area contributed by atoms with Crippen molar-refractivity contribution in [3.8, 4) is 5.75 Å². The highest BCUT2D eigenvalue weighted by Gasteiger charge is 2.22. The second-order valence-electron chi connectivity index (χ2n) is 6.16. The molecular formula is C20H25FN2O2. The minimum absolute atomic E-state index is 0.164. The molecule has 0 saturated carbocycles. The fourth-order valence-electron chi connectivity index (χ4n) is 3.16. The van der Waals surface area contributed by atoms with Crippen LogP contribution < -0.4 is 10.1 Å². The van der Waals surface area contributed by atoms with E-state index < -0.39 is 0 Å². The molecular weight excluding hydrogens is 319 g/mol. The third kappa shape index (κ3) is 4.78. The van der Waals surface area contributed by atoms with Crippen molar-refractivity contribution in [2.45, 2.75) is 12.6 Å². The van der Waals surface area contributed by atoms with Gasteiger partial charge in [-0.1, -0.05) is 30.3 Å². The molecule has 1 unspecified atom stereocenters. The summed E-state index contributed by atoms with van der Waals surface area (Å²) in [7, 11) is 1.67. The Morgan fingerprint density at radius 1 is 1.12 bits per heavy atom. The van der Waals surface area contributed by atoms with Gasteiger partial charge in [-0.05, 0) is 23.8 Å². The van der Waals surface area contributed by atoms with Crippen LogP contribution in [-0.2, 0) is 11.3 Å². The number of halogens is 1. The molecule has 25 heavy (non-hydrogen) atoms. The van der Waals surface area contributed by atoms with E-state index in [-0.39, 0.29) is 11.9 Å². The standard InChI is InChI=1S/C20H25FN2O2/c1-24-18-8-6-16(7-9-18)20(23-10-12-25-13-11-23)15-22-14-17-4-2-3-5-19(17)21/h2-9,20,22H,10-15H2,1H3. The monoisotopic (exact) mass is 344 g/mol. The Hall–Kier alpha value is -1.95. The third-order valence-corrected chi connectivity index (χ3v) is 4.60. The molecule has 0 bridgehead atoms. The number of benzene rings is 2. The van der Waals surface area contributed by atoms with Crippen molar-refractivity contribution in [3.05, 3.63) is 65.5 Å². The Morgan fingerprint density at radius 3 is 2.52 bits per heavy atom. The lowest BCUT2D eigenvalue weighted by atomic mass is 10.0. The highest BCUT2D eigenvalue weighted by atomic mass is 19.1. The first kappa shape index (κ1) is 17.9. The molecule has 1 fully saturated rings. The predicted molar refractivity (Wildman–Crippen MR) is 96.2 cm³/mol. The summed E-state index contributed by atoms with van der Waals surface area (Å²) in [5.74, 6) is 0.686. The zero-order chi connectivity index (χ0) is 17.5. The number of ether oxygens (including phenoxy) is 2. The van der Waals surface area contributed by atoms with Gasteiger partial charge in [-0.15, -0.1) is 0 Å². The molecule has 134 valence electrons. The first-order valence-corrected chi connectivity index (χ1v) is 8.68. The van der Waals surface area contributed by atoms with E-state index in [1.54, 1.807) is 13.2 Å². The number of nitrogens with zero attached hydrogens (tertiary/aromatic N) is 1. The SMILES string of the molecule is COc1ccc(C(CNCc2ccccc2F)N2CCOCC2)cc1. The van der Waals surface area contributed by atoms with E-state index in [2.05, 4.69) is 22.3 Å². The van der Waals surface area contributed by atoms with E-state index in [4.69, 9.17) is 9.47 Å². The first-order valence-electron chi connectivity index (χ1n) is 8.68. The lowest BCUT2D eigenvalue weighted by molar-refractivity contribution is 0.0161. The zero-order valence-electron chi connectivity index (χ0n) is 14.6. The molecule has 1 aliphatic heterocycles. The number of rotatable bonds is 7. The van der Waals surface area contributed by atoms with Crippen molar-refractivity contribution in [1.82, 2.24) is 10.2 Å². The molecule has 2 aromatic rings. The summed E-state index contributed by atoms with van der Waals surface area (Å²) >= 11 is 0. The Labute approximate surface area is 148 Å². The van der Waals surface area contributed by atoms with Gasteiger partial charge in [-0.25, -0.2) is 4.39 Å². The molecule has 4 nitrogen and oxygen atoms in total. The number of morpholine rings is 1. The van der Waals surface area contributed by atoms with Crippen LogP contribution in [0, 0.1) is 5.82 Å². The Bertz CT molecular complexity index is 657. The van der Waals surface area contributed by atoms with Crippen LogP contribution in [0.2, 0.25) is 0 Å². The quantitative estimate of drug-likeness (QED) is 0.837. The molecule has 1 N–H and O–H groups in total. The zero-order valence-corrected chi connectivity index (χ0v) is 14.6. The third-order valence-electron chi connectivity index (χ3n) is 4.60. The molecule has 0 aromatic heterocycles. The van der Waals surface area contributed by atoms with E-state index in [1.807, 2.05) is 24.3 Å². The van der Waals surface area contributed by atoms with Crippen molar-refractivity contribution < 1.29 is 13.9 Å². The van der Waals surface area contributed by atoms with Gasteiger partial charge in [-0.3, -0.25) is 4.90 Å². The van der Waals surface area contributed by atoms with Crippen molar-refractivity contribution in [3.63, 3.8) is 0 Å². The van der Waals surface area contributed by atoms with Crippen LogP contribution in [0.4, 0.5) is 4.39 Å². The maximum absolute atomic E-state index is 13.8. The summed E-state index contributed by atoms with van der Waals surface area (Å²) in [6.45, 7) is 4.57. The van der Waals surface area contributed by atoms with E-state index in [9.17, 15) is 4.39 Å². The molecule has 1 heterocycles. The normalized spacial score (nSPS) is 16.6. The average Bonchev–Trinajstić information content (AvgIpc) is 2.67. The maximum atomic E-state index is 13.8. The summed E-state index contributed by atoms with van der Waals surface area (Å²) in [6.07, 6.45) is 0. The molecule has 1 aliphatic rings. The van der Waals surface area contributed by atoms with Crippen LogP contribution in [0.5, 0.6) is 5.75 Å². The van der Waals surface area contributed by atoms with E-state index in [0.717, 1.165) is 38.6 Å². The first-order chi connectivity index (χ1) is 12.3. The van der Waals surface area contributed by atoms with Crippen LogP contribution in [0.15, 0.2) is 48.5 Å². The van der Waals surface area contributed by atoms with Gasteiger partial charge in [0, 0.05) is 37.8 Å². The van der Waals surface area contributed by atoms with Crippen LogP contribution in [0.25, 0.3) is 0 Å². The van der Waals surface area contributed by atoms with Crippen LogP contribution in [0.1, 0.15) is 17.2 Å². The van der Waals surface area contributed by atoms with E-state index >= 15 is 0 Å². The summed E-state index contributed by atoms with van der Waals surface area (Å²) < 4.78 is 24.5. The fourth-order valence-corrected chi connectivity index (χ4v) is 3.16. The van der Waals surface area contributed by atoms with Gasteiger partial charge < -0.3 is 14.8 Å². The highest BCUT2D eigenvalue weighted by molar-refractivity contribution is 5.29. The second-order valence-corrected chi connectivity index (χ2v) is 6.16. The fraction of sp³-hybridized carbons (Fsp3) is 0.400. The lowest BCUT2D eigenvalue weighted by Crippen LogP contribution is -2.42. The maximum Gasteiger partial charge on any atom is 0.127 e. The molecule has 1 saturated heterocycles. The smallest absolute Gasteiger partial charge is 0.127 e. The van der Waals surface area contributed by atoms with Crippen LogP contribution >= 0.6 is 0 Å². The van der Waals surface area contributed by atoms with Gasteiger partial charge in [0.25, 0.3) is 0 Å². The number of hydrogen-bond donors (Lipinski definition) is 1. The van der Waals surface area contributed by atoms with Gasteiger partial charge >= 0.3 is 0 Å². The Kier molecular flexibility index (Phi) is 6.39. The van der Waals surface area contributed by atoms with Crippen molar-refractivity contribution in [2.24, 2.45) is 0 Å². The van der Waals surface area contributed by atoms with Crippen molar-refractivity contribution in [2.75, 3.05) is 40.0 Å². The minimum Gasteiger partial charge on any atom is -0.497 e. The topological polar surface area (TPSA) is 33.7 Å². The molecule has 0 radical (unpaired) electrons. The van der Waals surface area contributed by atoms with E-state index in [0.29, 0.717) is 12.1 Å². The number of nitrogens with one attached hydrogen (secondary N) is 1. The van der Waals surface area contributed by atoms with Crippen molar-refractivity contribution >= 4 is 0 Å². The largest absolute Gasteiger partial charge is 0.497 e. The molecule has 0 aliphatic carbocycles. The van der Waals surface area contributed by atoms with Gasteiger partial charge in [0.15, 0.2) is 0 Å². The summed E-state index contributed by atoms with van der Waals surface area (Å²) in [6, 6.07) is 15.3. The van der Waals surface area contributed by atoms with Gasteiger partial charge in [0.05, 0.1) is 20.3 Å². The Balaban J connectivity index is 1.68. The number of methoxy groups -OCH3 is 1. The average molecular weight is 344 g/mol. The minimum atomic E-state index is -0.164. The number of hydrogen-bond acceptors (Lipinski definition) is 4. The molecule has 2 aromatic carbocycles. The molecule has 1 atom stereocenters. The predicted octanol–water partition coefficient (Wildman–Crippen LogP) is 3.00. The summed E-state index contributed by atoms with van der Waals surface area (Å²) in [4.78, 5) is 2.42. The van der Waals surface area contributed by atoms with Gasteiger partial charge in [0.2, 0.25) is 0 Å². The Morgan fingerprint density at radius 2 is 1.84 bits per heavy atom. The lowest BCUT2D eigenvalue weighted by Gasteiger charge is -2.35.